The van der Waals surface area contributed by atoms with Gasteiger partial charge in [0.25, 0.3) is 0 Å². The summed E-state index contributed by atoms with van der Waals surface area (Å²) in [6.07, 6.45) is 4.70. The van der Waals surface area contributed by atoms with Crippen LogP contribution in [0.1, 0.15) is 41.6 Å². The first-order valence-corrected chi connectivity index (χ1v) is 6.61. The molecule has 88 valence electrons. The SMILES string of the molecule is Cc1cc(C(Br)C2CCCC2)c(F)cc1F. The number of benzene rings is 1. The average molecular weight is 289 g/mol. The van der Waals surface area contributed by atoms with Crippen molar-refractivity contribution in [3.63, 3.8) is 0 Å². The molecule has 0 aromatic heterocycles. The molecule has 1 atom stereocenters. The number of halogens is 3. The van der Waals surface area contributed by atoms with Gasteiger partial charge < -0.3 is 0 Å². The highest BCUT2D eigenvalue weighted by atomic mass is 79.9. The van der Waals surface area contributed by atoms with Crippen molar-refractivity contribution in [3.05, 3.63) is 34.9 Å². The molecule has 2 rings (SSSR count). The summed E-state index contributed by atoms with van der Waals surface area (Å²) >= 11 is 3.56. The molecule has 1 aliphatic carbocycles. The van der Waals surface area contributed by atoms with Crippen LogP contribution in [0.3, 0.4) is 0 Å². The van der Waals surface area contributed by atoms with E-state index in [0.717, 1.165) is 18.9 Å². The number of hydrogen-bond acceptors (Lipinski definition) is 0. The Morgan fingerprint density at radius 3 is 2.44 bits per heavy atom. The third kappa shape index (κ3) is 2.29. The Morgan fingerprint density at radius 2 is 1.81 bits per heavy atom. The second-order valence-electron chi connectivity index (χ2n) is 4.57. The van der Waals surface area contributed by atoms with Crippen molar-refractivity contribution in [2.75, 3.05) is 0 Å². The van der Waals surface area contributed by atoms with Crippen molar-refractivity contribution in [1.29, 1.82) is 0 Å². The van der Waals surface area contributed by atoms with Gasteiger partial charge in [0.2, 0.25) is 0 Å². The Kier molecular flexibility index (Phi) is 3.63. The summed E-state index contributed by atoms with van der Waals surface area (Å²) in [6, 6.07) is 2.62. The minimum absolute atomic E-state index is 0.0225. The monoisotopic (exact) mass is 288 g/mol. The molecule has 1 fully saturated rings. The van der Waals surface area contributed by atoms with Crippen molar-refractivity contribution in [1.82, 2.24) is 0 Å². The van der Waals surface area contributed by atoms with Crippen LogP contribution >= 0.6 is 15.9 Å². The first-order valence-electron chi connectivity index (χ1n) is 5.69. The van der Waals surface area contributed by atoms with Gasteiger partial charge in [0.15, 0.2) is 0 Å². The lowest BCUT2D eigenvalue weighted by molar-refractivity contribution is 0.509. The molecule has 0 spiro atoms. The van der Waals surface area contributed by atoms with E-state index >= 15 is 0 Å². The van der Waals surface area contributed by atoms with Crippen LogP contribution in [-0.4, -0.2) is 0 Å². The summed E-state index contributed by atoms with van der Waals surface area (Å²) in [6.45, 7) is 1.67. The van der Waals surface area contributed by atoms with Crippen LogP contribution in [0.15, 0.2) is 12.1 Å². The zero-order valence-electron chi connectivity index (χ0n) is 9.27. The molecule has 1 saturated carbocycles. The second kappa shape index (κ2) is 4.82. The van der Waals surface area contributed by atoms with Crippen LogP contribution in [0.25, 0.3) is 0 Å². The third-order valence-electron chi connectivity index (χ3n) is 3.39. The van der Waals surface area contributed by atoms with E-state index in [0.29, 0.717) is 17.0 Å². The predicted molar refractivity (Wildman–Crippen MR) is 64.7 cm³/mol. The van der Waals surface area contributed by atoms with Crippen LogP contribution in [0.2, 0.25) is 0 Å². The fourth-order valence-corrected chi connectivity index (χ4v) is 3.27. The largest absolute Gasteiger partial charge is 0.207 e. The zero-order chi connectivity index (χ0) is 11.7. The van der Waals surface area contributed by atoms with Gasteiger partial charge in [-0.1, -0.05) is 28.8 Å². The van der Waals surface area contributed by atoms with Gasteiger partial charge in [-0.3, -0.25) is 0 Å². The first-order chi connectivity index (χ1) is 7.59. The third-order valence-corrected chi connectivity index (χ3v) is 4.63. The molecule has 0 saturated heterocycles. The zero-order valence-corrected chi connectivity index (χ0v) is 10.9. The van der Waals surface area contributed by atoms with E-state index < -0.39 is 11.6 Å². The Balaban J connectivity index is 2.28. The molecule has 16 heavy (non-hydrogen) atoms. The number of alkyl halides is 1. The Bertz CT molecular complexity index is 384. The number of rotatable bonds is 2. The van der Waals surface area contributed by atoms with Crippen LogP contribution in [0.4, 0.5) is 8.78 Å². The maximum atomic E-state index is 13.7. The first kappa shape index (κ1) is 12.0. The number of aryl methyl sites for hydroxylation is 1. The second-order valence-corrected chi connectivity index (χ2v) is 5.56. The van der Waals surface area contributed by atoms with Gasteiger partial charge >= 0.3 is 0 Å². The smallest absolute Gasteiger partial charge is 0.130 e. The molecular formula is C13H15BrF2. The van der Waals surface area contributed by atoms with Gasteiger partial charge in [-0.05, 0) is 37.3 Å². The highest BCUT2D eigenvalue weighted by Gasteiger charge is 2.26. The fourth-order valence-electron chi connectivity index (χ4n) is 2.39. The molecule has 0 heterocycles. The standard InChI is InChI=1S/C13H15BrF2/c1-8-6-10(12(16)7-11(8)15)13(14)9-4-2-3-5-9/h6-7,9,13H,2-5H2,1H3. The van der Waals surface area contributed by atoms with E-state index in [4.69, 9.17) is 0 Å². The van der Waals surface area contributed by atoms with Gasteiger partial charge in [0.05, 0.1) is 0 Å². The summed E-state index contributed by atoms with van der Waals surface area (Å²) in [5.74, 6) is -0.413. The van der Waals surface area contributed by atoms with Gasteiger partial charge in [-0.15, -0.1) is 0 Å². The van der Waals surface area contributed by atoms with E-state index in [1.165, 1.54) is 12.8 Å². The van der Waals surface area contributed by atoms with Crippen molar-refractivity contribution < 1.29 is 8.78 Å². The minimum Gasteiger partial charge on any atom is -0.207 e. The molecule has 0 aliphatic heterocycles. The molecule has 0 amide bonds. The van der Waals surface area contributed by atoms with E-state index in [1.54, 1.807) is 13.0 Å². The van der Waals surface area contributed by atoms with E-state index in [1.807, 2.05) is 0 Å². The van der Waals surface area contributed by atoms with Crippen LogP contribution in [-0.2, 0) is 0 Å². The molecule has 1 aromatic carbocycles. The maximum Gasteiger partial charge on any atom is 0.130 e. The highest BCUT2D eigenvalue weighted by Crippen LogP contribution is 2.42. The molecule has 1 unspecified atom stereocenters. The lowest BCUT2D eigenvalue weighted by Gasteiger charge is -2.18. The average Bonchev–Trinajstić information content (AvgIpc) is 2.75. The van der Waals surface area contributed by atoms with Gasteiger partial charge in [0, 0.05) is 16.5 Å². The van der Waals surface area contributed by atoms with Gasteiger partial charge in [-0.2, -0.15) is 0 Å². The molecule has 1 aliphatic rings. The lowest BCUT2D eigenvalue weighted by atomic mass is 9.96. The van der Waals surface area contributed by atoms with Gasteiger partial charge in [-0.25, -0.2) is 8.78 Å². The predicted octanol–water partition coefficient (Wildman–Crippen LogP) is 4.90. The lowest BCUT2D eigenvalue weighted by Crippen LogP contribution is -2.06. The van der Waals surface area contributed by atoms with Crippen LogP contribution < -0.4 is 0 Å². The number of hydrogen-bond donors (Lipinski definition) is 0. The van der Waals surface area contributed by atoms with Gasteiger partial charge in [0.1, 0.15) is 11.6 Å². The van der Waals surface area contributed by atoms with Crippen LogP contribution in [0, 0.1) is 24.5 Å². The van der Waals surface area contributed by atoms with E-state index in [9.17, 15) is 8.78 Å². The Morgan fingerprint density at radius 1 is 1.19 bits per heavy atom. The van der Waals surface area contributed by atoms with Crippen LogP contribution in [0.5, 0.6) is 0 Å². The summed E-state index contributed by atoms with van der Waals surface area (Å²) in [7, 11) is 0. The van der Waals surface area contributed by atoms with E-state index in [-0.39, 0.29) is 4.83 Å². The van der Waals surface area contributed by atoms with Crippen molar-refractivity contribution in [2.45, 2.75) is 37.4 Å². The quantitative estimate of drug-likeness (QED) is 0.679. The Labute approximate surface area is 103 Å². The van der Waals surface area contributed by atoms with E-state index in [2.05, 4.69) is 15.9 Å². The maximum absolute atomic E-state index is 13.7. The molecule has 0 nitrogen and oxygen atoms in total. The topological polar surface area (TPSA) is 0 Å². The molecule has 1 aromatic rings. The Hall–Kier alpha value is -0.440. The fraction of sp³-hybridized carbons (Fsp3) is 0.538. The van der Waals surface area contributed by atoms with Crippen molar-refractivity contribution >= 4 is 15.9 Å². The molecule has 0 radical (unpaired) electrons. The summed E-state index contributed by atoms with van der Waals surface area (Å²) < 4.78 is 26.8. The molecule has 0 N–H and O–H groups in total. The van der Waals surface area contributed by atoms with Crippen molar-refractivity contribution in [3.8, 4) is 0 Å². The van der Waals surface area contributed by atoms with Crippen molar-refractivity contribution in [2.24, 2.45) is 5.92 Å². The normalized spacial score (nSPS) is 19.0. The summed E-state index contributed by atoms with van der Waals surface area (Å²) in [5, 5.41) is 0. The summed E-state index contributed by atoms with van der Waals surface area (Å²) in [5.41, 5.74) is 1.12. The highest BCUT2D eigenvalue weighted by molar-refractivity contribution is 9.09. The summed E-state index contributed by atoms with van der Waals surface area (Å²) in [4.78, 5) is 0.0225. The minimum atomic E-state index is -0.465. The molecule has 3 heteroatoms. The molecule has 0 bridgehead atoms. The molecular weight excluding hydrogens is 274 g/mol.